The van der Waals surface area contributed by atoms with Gasteiger partial charge in [-0.2, -0.15) is 0 Å². The maximum Gasteiger partial charge on any atom is 0.266 e. The van der Waals surface area contributed by atoms with Gasteiger partial charge >= 0.3 is 0 Å². The summed E-state index contributed by atoms with van der Waals surface area (Å²) in [5.41, 5.74) is 1.63. The monoisotopic (exact) mass is 426 g/mol. The number of carbonyl (C=O) groups excluding carboxylic acids is 1. The number of aliphatic imine (C=N–C) groups is 1. The molecule has 0 saturated carbocycles. The Bertz CT molecular complexity index is 968. The van der Waals surface area contributed by atoms with Gasteiger partial charge in [-0.05, 0) is 65.7 Å². The lowest BCUT2D eigenvalue weighted by Crippen LogP contribution is -2.32. The molecule has 2 aromatic carbocycles. The summed E-state index contributed by atoms with van der Waals surface area (Å²) in [5, 5.41) is 0.672. The molecule has 0 spiro atoms. The highest BCUT2D eigenvalue weighted by molar-refractivity contribution is 8.18. The van der Waals surface area contributed by atoms with Crippen LogP contribution in [0.3, 0.4) is 0 Å². The SMILES string of the molecule is COc1ccc(N=C2S/C(=C\c3ccc(OC)c(OC)c3)C(=O)N2CC(C)C)cc1. The molecule has 0 atom stereocenters. The zero-order valence-corrected chi connectivity index (χ0v) is 18.7. The summed E-state index contributed by atoms with van der Waals surface area (Å²) in [5.74, 6) is 2.30. The summed E-state index contributed by atoms with van der Waals surface area (Å²) in [6.45, 7) is 4.77. The van der Waals surface area contributed by atoms with E-state index in [-0.39, 0.29) is 5.91 Å². The van der Waals surface area contributed by atoms with Crippen LogP contribution in [-0.2, 0) is 4.79 Å². The highest BCUT2D eigenvalue weighted by Gasteiger charge is 2.33. The van der Waals surface area contributed by atoms with Gasteiger partial charge in [-0.25, -0.2) is 4.99 Å². The van der Waals surface area contributed by atoms with Crippen molar-refractivity contribution in [2.24, 2.45) is 10.9 Å². The molecule has 0 unspecified atom stereocenters. The highest BCUT2D eigenvalue weighted by atomic mass is 32.2. The summed E-state index contributed by atoms with van der Waals surface area (Å²) >= 11 is 1.38. The molecule has 1 heterocycles. The number of methoxy groups -OCH3 is 3. The quantitative estimate of drug-likeness (QED) is 0.585. The lowest BCUT2D eigenvalue weighted by molar-refractivity contribution is -0.122. The van der Waals surface area contributed by atoms with Crippen LogP contribution in [-0.4, -0.2) is 43.8 Å². The standard InChI is InChI=1S/C23H26N2O4S/c1-15(2)14-25-22(26)21(13-16-6-11-19(28-4)20(12-16)29-5)30-23(25)24-17-7-9-18(27-3)10-8-17/h6-13,15H,14H2,1-5H3/b21-13-,24-23?. The van der Waals surface area contributed by atoms with Crippen molar-refractivity contribution in [3.8, 4) is 17.2 Å². The van der Waals surface area contributed by atoms with Crippen molar-refractivity contribution in [1.29, 1.82) is 0 Å². The minimum atomic E-state index is -0.0456. The van der Waals surface area contributed by atoms with Crippen LogP contribution in [0, 0.1) is 5.92 Å². The van der Waals surface area contributed by atoms with Crippen molar-refractivity contribution < 1.29 is 19.0 Å². The first kappa shape index (κ1) is 21.8. The Morgan fingerprint density at radius 1 is 1.00 bits per heavy atom. The number of hydrogen-bond acceptors (Lipinski definition) is 6. The van der Waals surface area contributed by atoms with Gasteiger partial charge in [0.15, 0.2) is 16.7 Å². The molecule has 1 aliphatic heterocycles. The van der Waals surface area contributed by atoms with Gasteiger partial charge in [-0.1, -0.05) is 19.9 Å². The number of carbonyl (C=O) groups is 1. The van der Waals surface area contributed by atoms with Crippen molar-refractivity contribution in [2.45, 2.75) is 13.8 Å². The Balaban J connectivity index is 1.94. The van der Waals surface area contributed by atoms with E-state index in [0.717, 1.165) is 17.0 Å². The normalized spacial score (nSPS) is 16.6. The van der Waals surface area contributed by atoms with E-state index in [0.29, 0.717) is 34.0 Å². The Labute approximate surface area is 181 Å². The van der Waals surface area contributed by atoms with Crippen LogP contribution < -0.4 is 14.2 Å². The first-order chi connectivity index (χ1) is 14.4. The fourth-order valence-corrected chi connectivity index (χ4v) is 3.99. The van der Waals surface area contributed by atoms with Crippen LogP contribution in [0.15, 0.2) is 52.4 Å². The lowest BCUT2D eigenvalue weighted by Gasteiger charge is -2.17. The Hall–Kier alpha value is -2.93. The first-order valence-electron chi connectivity index (χ1n) is 9.61. The van der Waals surface area contributed by atoms with Crippen LogP contribution in [0.25, 0.3) is 6.08 Å². The average molecular weight is 427 g/mol. The van der Waals surface area contributed by atoms with Crippen LogP contribution >= 0.6 is 11.8 Å². The molecular formula is C23H26N2O4S. The van der Waals surface area contributed by atoms with Crippen molar-refractivity contribution in [3.05, 3.63) is 52.9 Å². The Kier molecular flexibility index (Phi) is 7.05. The Morgan fingerprint density at radius 3 is 2.30 bits per heavy atom. The molecule has 0 aliphatic carbocycles. The van der Waals surface area contributed by atoms with Crippen LogP contribution in [0.4, 0.5) is 5.69 Å². The van der Waals surface area contributed by atoms with E-state index in [9.17, 15) is 4.79 Å². The fourth-order valence-electron chi connectivity index (χ4n) is 2.98. The minimum absolute atomic E-state index is 0.0456. The third-order valence-electron chi connectivity index (χ3n) is 4.44. The van der Waals surface area contributed by atoms with Gasteiger partial charge in [0.1, 0.15) is 5.75 Å². The number of rotatable bonds is 7. The van der Waals surface area contributed by atoms with Crippen molar-refractivity contribution in [3.63, 3.8) is 0 Å². The van der Waals surface area contributed by atoms with Crippen LogP contribution in [0.5, 0.6) is 17.2 Å². The van der Waals surface area contributed by atoms with Gasteiger partial charge in [-0.3, -0.25) is 9.69 Å². The first-order valence-corrected chi connectivity index (χ1v) is 10.4. The summed E-state index contributed by atoms with van der Waals surface area (Å²) in [6, 6.07) is 13.0. The highest BCUT2D eigenvalue weighted by Crippen LogP contribution is 2.36. The minimum Gasteiger partial charge on any atom is -0.497 e. The zero-order valence-electron chi connectivity index (χ0n) is 17.8. The maximum atomic E-state index is 13.1. The molecule has 6 nitrogen and oxygen atoms in total. The smallest absolute Gasteiger partial charge is 0.266 e. The van der Waals surface area contributed by atoms with Gasteiger partial charge in [0.25, 0.3) is 5.91 Å². The summed E-state index contributed by atoms with van der Waals surface area (Å²) < 4.78 is 15.9. The second-order valence-electron chi connectivity index (χ2n) is 7.13. The van der Waals surface area contributed by atoms with E-state index in [4.69, 9.17) is 19.2 Å². The number of amides is 1. The molecule has 0 aromatic heterocycles. The molecule has 1 amide bonds. The molecule has 0 radical (unpaired) electrons. The van der Waals surface area contributed by atoms with Gasteiger partial charge in [0.05, 0.1) is 31.9 Å². The van der Waals surface area contributed by atoms with Crippen LogP contribution in [0.2, 0.25) is 0 Å². The van der Waals surface area contributed by atoms with Gasteiger partial charge in [0, 0.05) is 6.54 Å². The van der Waals surface area contributed by atoms with Crippen molar-refractivity contribution in [2.75, 3.05) is 27.9 Å². The van der Waals surface area contributed by atoms with Crippen molar-refractivity contribution in [1.82, 2.24) is 4.90 Å². The van der Waals surface area contributed by atoms with Gasteiger partial charge in [0.2, 0.25) is 0 Å². The summed E-state index contributed by atoms with van der Waals surface area (Å²) in [6.07, 6.45) is 1.86. The number of hydrogen-bond donors (Lipinski definition) is 0. The van der Waals surface area contributed by atoms with E-state index in [1.165, 1.54) is 11.8 Å². The number of ether oxygens (including phenoxy) is 3. The number of nitrogens with zero attached hydrogens (tertiary/aromatic N) is 2. The molecule has 1 aliphatic rings. The van der Waals surface area contributed by atoms with E-state index in [1.807, 2.05) is 48.5 Å². The lowest BCUT2D eigenvalue weighted by atomic mass is 10.1. The fraction of sp³-hybridized carbons (Fsp3) is 0.304. The summed E-state index contributed by atoms with van der Waals surface area (Å²) in [4.78, 5) is 20.2. The molecule has 2 aromatic rings. The van der Waals surface area contributed by atoms with E-state index in [1.54, 1.807) is 26.2 Å². The molecule has 158 valence electrons. The molecule has 0 bridgehead atoms. The van der Waals surface area contributed by atoms with E-state index >= 15 is 0 Å². The van der Waals surface area contributed by atoms with Crippen LogP contribution in [0.1, 0.15) is 19.4 Å². The molecule has 3 rings (SSSR count). The predicted molar refractivity (Wildman–Crippen MR) is 122 cm³/mol. The zero-order chi connectivity index (χ0) is 21.7. The molecular weight excluding hydrogens is 400 g/mol. The molecule has 7 heteroatoms. The molecule has 1 fully saturated rings. The van der Waals surface area contributed by atoms with Gasteiger partial charge < -0.3 is 14.2 Å². The van der Waals surface area contributed by atoms with Crippen molar-refractivity contribution >= 4 is 34.6 Å². The molecule has 30 heavy (non-hydrogen) atoms. The Morgan fingerprint density at radius 2 is 1.70 bits per heavy atom. The van der Waals surface area contributed by atoms with E-state index < -0.39 is 0 Å². The topological polar surface area (TPSA) is 60.4 Å². The second-order valence-corrected chi connectivity index (χ2v) is 8.14. The van der Waals surface area contributed by atoms with Gasteiger partial charge in [-0.15, -0.1) is 0 Å². The molecule has 0 N–H and O–H groups in total. The predicted octanol–water partition coefficient (Wildman–Crippen LogP) is 4.97. The van der Waals surface area contributed by atoms with E-state index in [2.05, 4.69) is 13.8 Å². The number of benzene rings is 2. The number of thioether (sulfide) groups is 1. The third-order valence-corrected chi connectivity index (χ3v) is 5.44. The maximum absolute atomic E-state index is 13.1. The second kappa shape index (κ2) is 9.71. The third kappa shape index (κ3) is 4.97. The largest absolute Gasteiger partial charge is 0.497 e. The molecule has 1 saturated heterocycles. The average Bonchev–Trinajstić information content (AvgIpc) is 3.02. The summed E-state index contributed by atoms with van der Waals surface area (Å²) in [7, 11) is 4.81. The number of amidine groups is 1.